The van der Waals surface area contributed by atoms with Crippen molar-refractivity contribution < 1.29 is 14.3 Å². The highest BCUT2D eigenvalue weighted by Crippen LogP contribution is 2.29. The zero-order valence-electron chi connectivity index (χ0n) is 18.3. The zero-order valence-corrected chi connectivity index (χ0v) is 19.2. The van der Waals surface area contributed by atoms with Crippen LogP contribution < -0.4 is 15.4 Å². The van der Waals surface area contributed by atoms with Crippen LogP contribution in [-0.4, -0.2) is 70.1 Å². The Labute approximate surface area is 190 Å². The maximum Gasteiger partial charge on any atom is 0.327 e. The Balaban J connectivity index is 1.65. The van der Waals surface area contributed by atoms with E-state index in [0.29, 0.717) is 41.3 Å². The van der Waals surface area contributed by atoms with Gasteiger partial charge in [-0.1, -0.05) is 11.3 Å². The maximum atomic E-state index is 12.1. The lowest BCUT2D eigenvalue weighted by Gasteiger charge is -2.35. The standard InChI is InChI=1S/C21H25N7O3S/c1-12-10-28(11-13(2)30-12)20-24-17(16-9-23-19(22)32-16)25-21(26-20)31-15-7-5-14(6-8-15)18(29)27(3)4/h5-9,12-13H,10-11H2,1-4H3,(H2,22,23)/t12-,13+. The van der Waals surface area contributed by atoms with E-state index in [-0.39, 0.29) is 24.1 Å². The molecule has 1 saturated heterocycles. The minimum atomic E-state index is -0.0837. The molecule has 32 heavy (non-hydrogen) atoms. The van der Waals surface area contributed by atoms with Crippen LogP contribution in [0.25, 0.3) is 10.7 Å². The third-order valence-electron chi connectivity index (χ3n) is 4.77. The topological polar surface area (TPSA) is 120 Å². The molecule has 0 radical (unpaired) electrons. The summed E-state index contributed by atoms with van der Waals surface area (Å²) in [5.74, 6) is 1.36. The highest BCUT2D eigenvalue weighted by Gasteiger charge is 2.26. The molecule has 10 nitrogen and oxygen atoms in total. The number of ether oxygens (including phenoxy) is 2. The number of hydrogen-bond acceptors (Lipinski definition) is 10. The number of nitrogens with two attached hydrogens (primary N) is 1. The van der Waals surface area contributed by atoms with E-state index >= 15 is 0 Å². The van der Waals surface area contributed by atoms with Crippen molar-refractivity contribution in [1.29, 1.82) is 0 Å². The number of hydrogen-bond donors (Lipinski definition) is 1. The molecule has 0 aliphatic carbocycles. The van der Waals surface area contributed by atoms with Gasteiger partial charge in [-0.2, -0.15) is 15.0 Å². The third kappa shape index (κ3) is 4.94. The molecule has 0 saturated carbocycles. The van der Waals surface area contributed by atoms with Gasteiger partial charge in [-0.15, -0.1) is 0 Å². The quantitative estimate of drug-likeness (QED) is 0.619. The second-order valence-corrected chi connectivity index (χ2v) is 8.85. The van der Waals surface area contributed by atoms with Crippen molar-refractivity contribution in [1.82, 2.24) is 24.8 Å². The van der Waals surface area contributed by atoms with Crippen molar-refractivity contribution in [2.75, 3.05) is 37.8 Å². The second-order valence-electron chi connectivity index (χ2n) is 7.79. The van der Waals surface area contributed by atoms with Gasteiger partial charge in [0.2, 0.25) is 5.95 Å². The van der Waals surface area contributed by atoms with Crippen molar-refractivity contribution in [2.45, 2.75) is 26.1 Å². The summed E-state index contributed by atoms with van der Waals surface area (Å²) in [5.41, 5.74) is 6.37. The Bertz CT molecular complexity index is 1090. The lowest BCUT2D eigenvalue weighted by molar-refractivity contribution is -0.00576. The fraction of sp³-hybridized carbons (Fsp3) is 0.381. The predicted octanol–water partition coefficient (Wildman–Crippen LogP) is 2.69. The van der Waals surface area contributed by atoms with Gasteiger partial charge in [-0.05, 0) is 38.1 Å². The number of nitrogen functional groups attached to an aromatic ring is 1. The van der Waals surface area contributed by atoms with E-state index in [1.165, 1.54) is 16.2 Å². The minimum Gasteiger partial charge on any atom is -0.424 e. The summed E-state index contributed by atoms with van der Waals surface area (Å²) >= 11 is 1.29. The van der Waals surface area contributed by atoms with Gasteiger partial charge in [-0.3, -0.25) is 4.79 Å². The summed E-state index contributed by atoms with van der Waals surface area (Å²) in [5, 5.41) is 0.430. The zero-order chi connectivity index (χ0) is 22.8. The van der Waals surface area contributed by atoms with Crippen molar-refractivity contribution in [3.05, 3.63) is 36.0 Å². The van der Waals surface area contributed by atoms with Crippen molar-refractivity contribution >= 4 is 28.3 Å². The van der Waals surface area contributed by atoms with E-state index < -0.39 is 0 Å². The SMILES string of the molecule is C[C@@H]1CN(c2nc(Oc3ccc(C(=O)N(C)C)cc3)nc(-c3cnc(N)s3)n2)C[C@H](C)O1. The van der Waals surface area contributed by atoms with Crippen LogP contribution in [0.4, 0.5) is 11.1 Å². The fourth-order valence-electron chi connectivity index (χ4n) is 3.40. The van der Waals surface area contributed by atoms with E-state index in [0.717, 1.165) is 4.88 Å². The highest BCUT2D eigenvalue weighted by molar-refractivity contribution is 7.18. The van der Waals surface area contributed by atoms with Crippen LogP contribution in [0.2, 0.25) is 0 Å². The molecule has 0 unspecified atom stereocenters. The van der Waals surface area contributed by atoms with Crippen molar-refractivity contribution in [3.8, 4) is 22.5 Å². The smallest absolute Gasteiger partial charge is 0.327 e. The molecule has 1 aliphatic heterocycles. The van der Waals surface area contributed by atoms with Crippen LogP contribution in [0, 0.1) is 0 Å². The molecule has 4 rings (SSSR count). The average Bonchev–Trinajstić information content (AvgIpc) is 3.19. The lowest BCUT2D eigenvalue weighted by atomic mass is 10.2. The molecule has 2 aromatic heterocycles. The Morgan fingerprint density at radius 3 is 2.44 bits per heavy atom. The normalized spacial score (nSPS) is 18.4. The second kappa shape index (κ2) is 9.05. The first-order valence-corrected chi connectivity index (χ1v) is 11.0. The third-order valence-corrected chi connectivity index (χ3v) is 5.59. The molecule has 0 bridgehead atoms. The molecule has 1 aliphatic rings. The number of thiazole rings is 1. The van der Waals surface area contributed by atoms with Crippen LogP contribution >= 0.6 is 11.3 Å². The lowest BCUT2D eigenvalue weighted by Crippen LogP contribution is -2.46. The van der Waals surface area contributed by atoms with Crippen LogP contribution in [-0.2, 0) is 4.74 Å². The summed E-state index contributed by atoms with van der Waals surface area (Å²) in [6.45, 7) is 5.34. The molecule has 0 spiro atoms. The molecule has 1 fully saturated rings. The monoisotopic (exact) mass is 455 g/mol. The molecule has 2 N–H and O–H groups in total. The minimum absolute atomic E-state index is 0.0455. The van der Waals surface area contributed by atoms with Gasteiger partial charge < -0.3 is 25.0 Å². The highest BCUT2D eigenvalue weighted by atomic mass is 32.1. The number of benzene rings is 1. The first-order valence-electron chi connectivity index (χ1n) is 10.2. The van der Waals surface area contributed by atoms with Crippen molar-refractivity contribution in [2.24, 2.45) is 0 Å². The number of carbonyl (C=O) groups excluding carboxylic acids is 1. The van der Waals surface area contributed by atoms with Crippen molar-refractivity contribution in [3.63, 3.8) is 0 Å². The molecule has 3 aromatic rings. The van der Waals surface area contributed by atoms with Gasteiger partial charge >= 0.3 is 6.01 Å². The summed E-state index contributed by atoms with van der Waals surface area (Å²) in [6, 6.07) is 6.98. The predicted molar refractivity (Wildman–Crippen MR) is 122 cm³/mol. The first-order chi connectivity index (χ1) is 15.3. The summed E-state index contributed by atoms with van der Waals surface area (Å²) in [6.07, 6.45) is 1.73. The number of morpholine rings is 1. The summed E-state index contributed by atoms with van der Waals surface area (Å²) in [4.78, 5) is 34.2. The summed E-state index contributed by atoms with van der Waals surface area (Å²) < 4.78 is 11.8. The van der Waals surface area contributed by atoms with Gasteiger partial charge in [0.1, 0.15) is 5.75 Å². The van der Waals surface area contributed by atoms with Crippen LogP contribution in [0.15, 0.2) is 30.5 Å². The number of nitrogens with zero attached hydrogens (tertiary/aromatic N) is 6. The largest absolute Gasteiger partial charge is 0.424 e. The fourth-order valence-corrected chi connectivity index (χ4v) is 4.02. The molecule has 3 heterocycles. The van der Waals surface area contributed by atoms with E-state index in [1.807, 2.05) is 13.8 Å². The van der Waals surface area contributed by atoms with Crippen LogP contribution in [0.3, 0.4) is 0 Å². The van der Waals surface area contributed by atoms with Gasteiger partial charge in [0.25, 0.3) is 5.91 Å². The van der Waals surface area contributed by atoms with E-state index in [2.05, 4.69) is 24.8 Å². The Kier molecular flexibility index (Phi) is 6.19. The van der Waals surface area contributed by atoms with E-state index in [9.17, 15) is 4.79 Å². The number of anilines is 2. The molecular weight excluding hydrogens is 430 g/mol. The van der Waals surface area contributed by atoms with Gasteiger partial charge in [0.05, 0.1) is 23.3 Å². The Morgan fingerprint density at radius 1 is 1.16 bits per heavy atom. The van der Waals surface area contributed by atoms with E-state index in [1.54, 1.807) is 44.6 Å². The van der Waals surface area contributed by atoms with Crippen LogP contribution in [0.1, 0.15) is 24.2 Å². The van der Waals surface area contributed by atoms with Gasteiger partial charge in [0.15, 0.2) is 11.0 Å². The van der Waals surface area contributed by atoms with Crippen LogP contribution in [0.5, 0.6) is 11.8 Å². The Morgan fingerprint density at radius 2 is 1.84 bits per heavy atom. The molecule has 2 atom stereocenters. The molecular formula is C21H25N7O3S. The number of rotatable bonds is 5. The number of aromatic nitrogens is 4. The first kappa shape index (κ1) is 21.9. The number of amides is 1. The molecule has 168 valence electrons. The van der Waals surface area contributed by atoms with Gasteiger partial charge in [-0.25, -0.2) is 4.98 Å². The maximum absolute atomic E-state index is 12.1. The molecule has 1 aromatic carbocycles. The Hall–Kier alpha value is -3.31. The average molecular weight is 456 g/mol. The summed E-state index contributed by atoms with van der Waals surface area (Å²) in [7, 11) is 3.42. The molecule has 1 amide bonds. The van der Waals surface area contributed by atoms with Gasteiger partial charge in [0, 0.05) is 32.7 Å². The number of carbonyl (C=O) groups is 1. The molecule has 11 heteroatoms. The van der Waals surface area contributed by atoms with E-state index in [4.69, 9.17) is 15.2 Å².